The van der Waals surface area contributed by atoms with Gasteiger partial charge >= 0.3 is 5.63 Å². The van der Waals surface area contributed by atoms with Crippen LogP contribution < -0.4 is 10.9 Å². The molecule has 3 aromatic rings. The Morgan fingerprint density at radius 3 is 2.58 bits per heavy atom. The van der Waals surface area contributed by atoms with E-state index in [1.165, 1.54) is 12.5 Å². The number of carbonyl (C=O) groups excluding carboxylic acids is 1. The first-order chi connectivity index (χ1) is 16.0. The number of nitrogens with zero attached hydrogens (tertiary/aromatic N) is 2. The maximum Gasteiger partial charge on any atom is 0.336 e. The van der Waals surface area contributed by atoms with Gasteiger partial charge in [0.05, 0.1) is 13.2 Å². The van der Waals surface area contributed by atoms with Gasteiger partial charge in [0.2, 0.25) is 5.91 Å². The summed E-state index contributed by atoms with van der Waals surface area (Å²) in [7, 11) is 0. The standard InChI is InChI=1S/C26H31N3O4/c1-19(16-28-10-12-32-13-11-28)29(17-21-6-4-3-5-7-21)18-22-14-26(31)33-25-15-23(27-20(2)30)8-9-24(22)25/h3-9,14-15,19H,10-13,16-18H2,1-2H3,(H,27,30). The monoisotopic (exact) mass is 449 g/mol. The molecule has 1 N–H and O–H groups in total. The number of benzene rings is 2. The predicted octanol–water partition coefficient (Wildman–Crippen LogP) is 3.47. The summed E-state index contributed by atoms with van der Waals surface area (Å²) in [5, 5.41) is 3.62. The summed E-state index contributed by atoms with van der Waals surface area (Å²) in [5.74, 6) is -0.168. The van der Waals surface area contributed by atoms with E-state index in [2.05, 4.69) is 46.3 Å². The van der Waals surface area contributed by atoms with Crippen molar-refractivity contribution in [1.29, 1.82) is 0 Å². The van der Waals surface area contributed by atoms with Crippen LogP contribution in [-0.2, 0) is 22.6 Å². The summed E-state index contributed by atoms with van der Waals surface area (Å²) in [5.41, 5.74) is 2.84. The first-order valence-electron chi connectivity index (χ1n) is 11.4. The minimum atomic E-state index is -0.391. The van der Waals surface area contributed by atoms with Crippen molar-refractivity contribution < 1.29 is 13.9 Å². The molecule has 7 heteroatoms. The number of morpholine rings is 1. The summed E-state index contributed by atoms with van der Waals surface area (Å²) in [4.78, 5) is 28.6. The highest BCUT2D eigenvalue weighted by molar-refractivity contribution is 5.92. The van der Waals surface area contributed by atoms with E-state index in [0.29, 0.717) is 17.8 Å². The van der Waals surface area contributed by atoms with Gasteiger partial charge in [-0.05, 0) is 30.2 Å². The summed E-state index contributed by atoms with van der Waals surface area (Å²) in [6.45, 7) is 9.43. The zero-order chi connectivity index (χ0) is 23.2. The van der Waals surface area contributed by atoms with Crippen LogP contribution in [0.4, 0.5) is 5.69 Å². The molecular weight excluding hydrogens is 418 g/mol. The summed E-state index contributed by atoms with van der Waals surface area (Å²) in [6, 6.07) is 17.7. The Morgan fingerprint density at radius 1 is 1.09 bits per heavy atom. The van der Waals surface area contributed by atoms with Crippen molar-refractivity contribution in [3.05, 3.63) is 76.1 Å². The fourth-order valence-corrected chi connectivity index (χ4v) is 4.32. The van der Waals surface area contributed by atoms with Crippen molar-refractivity contribution in [3.8, 4) is 0 Å². The maximum absolute atomic E-state index is 12.4. The van der Waals surface area contributed by atoms with Crippen molar-refractivity contribution in [2.24, 2.45) is 0 Å². The number of nitrogens with one attached hydrogen (secondary N) is 1. The van der Waals surface area contributed by atoms with Crippen LogP contribution in [-0.4, -0.2) is 54.6 Å². The van der Waals surface area contributed by atoms with Crippen molar-refractivity contribution in [2.45, 2.75) is 33.0 Å². The lowest BCUT2D eigenvalue weighted by atomic mass is 10.1. The van der Waals surface area contributed by atoms with Gasteiger partial charge in [0, 0.05) is 68.9 Å². The van der Waals surface area contributed by atoms with Gasteiger partial charge in [-0.3, -0.25) is 14.6 Å². The predicted molar refractivity (Wildman–Crippen MR) is 129 cm³/mol. The molecular formula is C26H31N3O4. The molecule has 0 bridgehead atoms. The first kappa shape index (κ1) is 23.2. The topological polar surface area (TPSA) is 75.0 Å². The molecule has 33 heavy (non-hydrogen) atoms. The average Bonchev–Trinajstić information content (AvgIpc) is 2.79. The van der Waals surface area contributed by atoms with Gasteiger partial charge in [0.15, 0.2) is 0 Å². The smallest absolute Gasteiger partial charge is 0.336 e. The van der Waals surface area contributed by atoms with Gasteiger partial charge in [-0.1, -0.05) is 30.3 Å². The van der Waals surface area contributed by atoms with E-state index in [1.807, 2.05) is 18.2 Å². The fraction of sp³-hybridized carbons (Fsp3) is 0.385. The quantitative estimate of drug-likeness (QED) is 0.531. The van der Waals surface area contributed by atoms with E-state index in [1.54, 1.807) is 12.1 Å². The van der Waals surface area contributed by atoms with Crippen LogP contribution in [0.25, 0.3) is 11.0 Å². The van der Waals surface area contributed by atoms with Crippen LogP contribution in [0.5, 0.6) is 0 Å². The van der Waals surface area contributed by atoms with Crippen molar-refractivity contribution >= 4 is 22.6 Å². The average molecular weight is 450 g/mol. The number of amides is 1. The van der Waals surface area contributed by atoms with Crippen LogP contribution in [0.3, 0.4) is 0 Å². The highest BCUT2D eigenvalue weighted by Gasteiger charge is 2.21. The van der Waals surface area contributed by atoms with E-state index >= 15 is 0 Å². The lowest BCUT2D eigenvalue weighted by Crippen LogP contribution is -2.45. The molecule has 2 aromatic carbocycles. The van der Waals surface area contributed by atoms with Crippen LogP contribution in [0.15, 0.2) is 63.8 Å². The molecule has 1 fully saturated rings. The number of carbonyl (C=O) groups is 1. The Balaban J connectivity index is 1.62. The van der Waals surface area contributed by atoms with E-state index in [4.69, 9.17) is 9.15 Å². The zero-order valence-electron chi connectivity index (χ0n) is 19.3. The van der Waals surface area contributed by atoms with E-state index < -0.39 is 5.63 Å². The van der Waals surface area contributed by atoms with E-state index in [0.717, 1.165) is 50.3 Å². The van der Waals surface area contributed by atoms with Crippen LogP contribution in [0.1, 0.15) is 25.0 Å². The molecule has 2 heterocycles. The number of hydrogen-bond donors (Lipinski definition) is 1. The number of anilines is 1. The highest BCUT2D eigenvalue weighted by atomic mass is 16.5. The van der Waals surface area contributed by atoms with Gasteiger partial charge in [0.1, 0.15) is 5.58 Å². The molecule has 4 rings (SSSR count). The van der Waals surface area contributed by atoms with Crippen LogP contribution >= 0.6 is 0 Å². The maximum atomic E-state index is 12.4. The number of hydrogen-bond acceptors (Lipinski definition) is 6. The molecule has 1 saturated heterocycles. The Hall–Kier alpha value is -3.00. The van der Waals surface area contributed by atoms with Crippen molar-refractivity contribution in [3.63, 3.8) is 0 Å². The summed E-state index contributed by atoms with van der Waals surface area (Å²) in [6.07, 6.45) is 0. The second kappa shape index (κ2) is 10.7. The Labute approximate surface area is 193 Å². The molecule has 7 nitrogen and oxygen atoms in total. The van der Waals surface area contributed by atoms with Gasteiger partial charge in [-0.15, -0.1) is 0 Å². The summed E-state index contributed by atoms with van der Waals surface area (Å²) >= 11 is 0. The second-order valence-electron chi connectivity index (χ2n) is 8.64. The Kier molecular flexibility index (Phi) is 7.54. The summed E-state index contributed by atoms with van der Waals surface area (Å²) < 4.78 is 11.0. The van der Waals surface area contributed by atoms with Crippen LogP contribution in [0.2, 0.25) is 0 Å². The largest absolute Gasteiger partial charge is 0.423 e. The molecule has 0 aliphatic carbocycles. The lowest BCUT2D eigenvalue weighted by molar-refractivity contribution is -0.114. The zero-order valence-corrected chi connectivity index (χ0v) is 19.3. The van der Waals surface area contributed by atoms with Gasteiger partial charge in [-0.25, -0.2) is 4.79 Å². The highest BCUT2D eigenvalue weighted by Crippen LogP contribution is 2.24. The molecule has 1 unspecified atom stereocenters. The van der Waals surface area contributed by atoms with E-state index in [-0.39, 0.29) is 11.9 Å². The SMILES string of the molecule is CC(=O)Nc1ccc2c(CN(Cc3ccccc3)C(C)CN3CCOCC3)cc(=O)oc2c1. The Bertz CT molecular complexity index is 1140. The Morgan fingerprint density at radius 2 is 1.85 bits per heavy atom. The molecule has 1 aliphatic rings. The third-order valence-corrected chi connectivity index (χ3v) is 6.00. The molecule has 1 aromatic heterocycles. The molecule has 174 valence electrons. The minimum Gasteiger partial charge on any atom is -0.423 e. The van der Waals surface area contributed by atoms with Crippen LogP contribution in [0, 0.1) is 0 Å². The molecule has 1 amide bonds. The molecule has 0 saturated carbocycles. The number of ether oxygens (including phenoxy) is 1. The van der Waals surface area contributed by atoms with Crippen molar-refractivity contribution in [2.75, 3.05) is 38.2 Å². The number of fused-ring (bicyclic) bond motifs is 1. The fourth-order valence-electron chi connectivity index (χ4n) is 4.32. The van der Waals surface area contributed by atoms with Crippen molar-refractivity contribution in [1.82, 2.24) is 9.80 Å². The first-order valence-corrected chi connectivity index (χ1v) is 11.4. The van der Waals surface area contributed by atoms with Gasteiger partial charge < -0.3 is 14.5 Å². The third-order valence-electron chi connectivity index (χ3n) is 6.00. The third kappa shape index (κ3) is 6.28. The lowest BCUT2D eigenvalue weighted by Gasteiger charge is -2.35. The molecule has 1 atom stereocenters. The number of rotatable bonds is 8. The molecule has 1 aliphatic heterocycles. The normalized spacial score (nSPS) is 15.6. The minimum absolute atomic E-state index is 0.168. The van der Waals surface area contributed by atoms with Gasteiger partial charge in [0.25, 0.3) is 0 Å². The van der Waals surface area contributed by atoms with Gasteiger partial charge in [-0.2, -0.15) is 0 Å². The van der Waals surface area contributed by atoms with E-state index in [9.17, 15) is 9.59 Å². The molecule has 0 radical (unpaired) electrons. The second-order valence-corrected chi connectivity index (χ2v) is 8.64. The molecule has 0 spiro atoms.